The van der Waals surface area contributed by atoms with Crippen LogP contribution in [-0.4, -0.2) is 10.1 Å². The zero-order valence-electron chi connectivity index (χ0n) is 12.2. The number of phenolic OH excluding ortho intramolecular Hbond substituents is 1. The van der Waals surface area contributed by atoms with E-state index in [1.54, 1.807) is 0 Å². The van der Waals surface area contributed by atoms with Gasteiger partial charge in [-0.15, -0.1) is 0 Å². The third-order valence-electron chi connectivity index (χ3n) is 3.65. The molecule has 0 amide bonds. The van der Waals surface area contributed by atoms with Crippen molar-refractivity contribution >= 4 is 16.6 Å². The minimum atomic E-state index is 0.356. The summed E-state index contributed by atoms with van der Waals surface area (Å²) in [6.07, 6.45) is 0. The molecule has 21 heavy (non-hydrogen) atoms. The van der Waals surface area contributed by atoms with Gasteiger partial charge in [0, 0.05) is 23.2 Å². The predicted octanol–water partition coefficient (Wildman–Crippen LogP) is 4.17. The number of hydrogen-bond donors (Lipinski definition) is 2. The number of pyridine rings is 1. The van der Waals surface area contributed by atoms with E-state index >= 15 is 0 Å². The minimum absolute atomic E-state index is 0.356. The molecule has 106 valence electrons. The molecule has 2 aromatic carbocycles. The number of aryl methyl sites for hydroxylation is 2. The second-order valence-electron chi connectivity index (χ2n) is 5.27. The Hall–Kier alpha value is -2.55. The molecule has 0 unspecified atom stereocenters. The summed E-state index contributed by atoms with van der Waals surface area (Å²) in [5.41, 5.74) is 4.72. The summed E-state index contributed by atoms with van der Waals surface area (Å²) in [5.74, 6) is 0.356. The van der Waals surface area contributed by atoms with Gasteiger partial charge in [-0.1, -0.05) is 36.4 Å². The Bertz CT molecular complexity index is 796. The first kappa shape index (κ1) is 13.4. The number of nitrogens with one attached hydrogen (secondary N) is 1. The fraction of sp³-hybridized carbons (Fsp3) is 0.167. The van der Waals surface area contributed by atoms with Crippen LogP contribution in [0.4, 0.5) is 5.69 Å². The second kappa shape index (κ2) is 5.44. The van der Waals surface area contributed by atoms with Crippen molar-refractivity contribution in [3.8, 4) is 5.75 Å². The largest absolute Gasteiger partial charge is 0.507 e. The Morgan fingerprint density at radius 2 is 1.81 bits per heavy atom. The molecule has 2 N–H and O–H groups in total. The van der Waals surface area contributed by atoms with Crippen molar-refractivity contribution in [2.24, 2.45) is 0 Å². The zero-order chi connectivity index (χ0) is 14.8. The molecule has 3 aromatic rings. The van der Waals surface area contributed by atoms with E-state index in [0.717, 1.165) is 33.4 Å². The number of fused-ring (bicyclic) bond motifs is 1. The highest BCUT2D eigenvalue weighted by molar-refractivity contribution is 5.90. The van der Waals surface area contributed by atoms with Gasteiger partial charge in [-0.25, -0.2) is 0 Å². The average Bonchev–Trinajstić information content (AvgIpc) is 2.49. The summed E-state index contributed by atoms with van der Waals surface area (Å²) in [7, 11) is 0. The summed E-state index contributed by atoms with van der Waals surface area (Å²) in [6.45, 7) is 4.46. The van der Waals surface area contributed by atoms with E-state index in [0.29, 0.717) is 12.3 Å². The Labute approximate surface area is 124 Å². The molecule has 0 radical (unpaired) electrons. The van der Waals surface area contributed by atoms with Crippen molar-refractivity contribution in [1.29, 1.82) is 0 Å². The van der Waals surface area contributed by atoms with Crippen molar-refractivity contribution < 1.29 is 5.11 Å². The van der Waals surface area contributed by atoms with E-state index in [4.69, 9.17) is 0 Å². The quantitative estimate of drug-likeness (QED) is 0.755. The summed E-state index contributed by atoms with van der Waals surface area (Å²) < 4.78 is 0. The first-order valence-corrected chi connectivity index (χ1v) is 7.03. The van der Waals surface area contributed by atoms with Crippen LogP contribution in [0.3, 0.4) is 0 Å². The number of aromatic hydroxyl groups is 1. The lowest BCUT2D eigenvalue weighted by Gasteiger charge is -2.11. The molecule has 3 nitrogen and oxygen atoms in total. The van der Waals surface area contributed by atoms with Gasteiger partial charge >= 0.3 is 0 Å². The minimum Gasteiger partial charge on any atom is -0.507 e. The Kier molecular flexibility index (Phi) is 3.48. The molecular weight excluding hydrogens is 260 g/mol. The molecule has 1 heterocycles. The molecule has 0 saturated heterocycles. The molecule has 0 saturated carbocycles. The fourth-order valence-corrected chi connectivity index (χ4v) is 2.44. The number of rotatable bonds is 3. The smallest absolute Gasteiger partial charge is 0.123 e. The van der Waals surface area contributed by atoms with Crippen molar-refractivity contribution in [3.05, 3.63) is 65.4 Å². The SMILES string of the molecule is Cc1ccc2cccc(NCc3cccc(C)c3O)c2n1. The van der Waals surface area contributed by atoms with Gasteiger partial charge in [0.2, 0.25) is 0 Å². The highest BCUT2D eigenvalue weighted by Gasteiger charge is 2.06. The predicted molar refractivity (Wildman–Crippen MR) is 86.7 cm³/mol. The van der Waals surface area contributed by atoms with Crippen LogP contribution in [0.5, 0.6) is 5.75 Å². The number of para-hydroxylation sites is 2. The molecule has 0 aliphatic heterocycles. The lowest BCUT2D eigenvalue weighted by Crippen LogP contribution is -2.01. The summed E-state index contributed by atoms with van der Waals surface area (Å²) in [5, 5.41) is 14.6. The normalized spacial score (nSPS) is 10.8. The first-order chi connectivity index (χ1) is 10.1. The van der Waals surface area contributed by atoms with E-state index in [9.17, 15) is 5.11 Å². The molecule has 0 aliphatic carbocycles. The van der Waals surface area contributed by atoms with E-state index in [1.165, 1.54) is 0 Å². The van der Waals surface area contributed by atoms with E-state index in [2.05, 4.69) is 22.4 Å². The third-order valence-corrected chi connectivity index (χ3v) is 3.65. The summed E-state index contributed by atoms with van der Waals surface area (Å²) in [6, 6.07) is 16.0. The summed E-state index contributed by atoms with van der Waals surface area (Å²) >= 11 is 0. The number of benzene rings is 2. The van der Waals surface area contributed by atoms with Gasteiger partial charge in [-0.05, 0) is 31.5 Å². The van der Waals surface area contributed by atoms with Crippen LogP contribution in [0, 0.1) is 13.8 Å². The van der Waals surface area contributed by atoms with Gasteiger partial charge in [-0.3, -0.25) is 4.98 Å². The van der Waals surface area contributed by atoms with Gasteiger partial charge in [0.15, 0.2) is 0 Å². The fourth-order valence-electron chi connectivity index (χ4n) is 2.44. The molecule has 1 aromatic heterocycles. The Morgan fingerprint density at radius 3 is 2.67 bits per heavy atom. The lowest BCUT2D eigenvalue weighted by molar-refractivity contribution is 0.465. The standard InChI is InChI=1S/C18H18N2O/c1-12-5-3-7-15(18(12)21)11-19-16-8-4-6-14-10-9-13(2)20-17(14)16/h3-10,19,21H,11H2,1-2H3. The van der Waals surface area contributed by atoms with E-state index < -0.39 is 0 Å². The van der Waals surface area contributed by atoms with Gasteiger partial charge in [0.05, 0.1) is 11.2 Å². The highest BCUT2D eigenvalue weighted by atomic mass is 16.3. The van der Waals surface area contributed by atoms with Crippen molar-refractivity contribution in [3.63, 3.8) is 0 Å². The van der Waals surface area contributed by atoms with Crippen LogP contribution in [0.15, 0.2) is 48.5 Å². The molecule has 0 spiro atoms. The highest BCUT2D eigenvalue weighted by Crippen LogP contribution is 2.25. The summed E-state index contributed by atoms with van der Waals surface area (Å²) in [4.78, 5) is 4.60. The molecule has 0 fully saturated rings. The zero-order valence-corrected chi connectivity index (χ0v) is 12.2. The van der Waals surface area contributed by atoms with Crippen LogP contribution in [0.25, 0.3) is 10.9 Å². The van der Waals surface area contributed by atoms with Crippen LogP contribution < -0.4 is 5.32 Å². The van der Waals surface area contributed by atoms with Crippen molar-refractivity contribution in [1.82, 2.24) is 4.98 Å². The van der Waals surface area contributed by atoms with Crippen molar-refractivity contribution in [2.75, 3.05) is 5.32 Å². The molecule has 0 bridgehead atoms. The van der Waals surface area contributed by atoms with Crippen LogP contribution in [0.2, 0.25) is 0 Å². The van der Waals surface area contributed by atoms with E-state index in [-0.39, 0.29) is 0 Å². The van der Waals surface area contributed by atoms with E-state index in [1.807, 2.05) is 50.2 Å². The second-order valence-corrected chi connectivity index (χ2v) is 5.27. The molecular formula is C18H18N2O. The van der Waals surface area contributed by atoms with Crippen LogP contribution >= 0.6 is 0 Å². The van der Waals surface area contributed by atoms with Gasteiger partial charge in [0.1, 0.15) is 5.75 Å². The molecule has 3 rings (SSSR count). The Balaban J connectivity index is 1.92. The maximum atomic E-state index is 10.1. The maximum Gasteiger partial charge on any atom is 0.123 e. The maximum absolute atomic E-state index is 10.1. The monoisotopic (exact) mass is 278 g/mol. The number of nitrogens with zero attached hydrogens (tertiary/aromatic N) is 1. The molecule has 0 atom stereocenters. The van der Waals surface area contributed by atoms with Crippen LogP contribution in [-0.2, 0) is 6.54 Å². The number of anilines is 1. The van der Waals surface area contributed by atoms with Gasteiger partial charge < -0.3 is 10.4 Å². The average molecular weight is 278 g/mol. The Morgan fingerprint density at radius 1 is 1.00 bits per heavy atom. The molecule has 0 aliphatic rings. The number of hydrogen-bond acceptors (Lipinski definition) is 3. The van der Waals surface area contributed by atoms with Crippen LogP contribution in [0.1, 0.15) is 16.8 Å². The lowest BCUT2D eigenvalue weighted by atomic mass is 10.1. The topological polar surface area (TPSA) is 45.1 Å². The molecule has 3 heteroatoms. The van der Waals surface area contributed by atoms with Crippen molar-refractivity contribution in [2.45, 2.75) is 20.4 Å². The van der Waals surface area contributed by atoms with Gasteiger partial charge in [-0.2, -0.15) is 0 Å². The third kappa shape index (κ3) is 2.68. The number of phenols is 1. The van der Waals surface area contributed by atoms with Gasteiger partial charge in [0.25, 0.3) is 0 Å². The first-order valence-electron chi connectivity index (χ1n) is 7.03. The number of aromatic nitrogens is 1.